The average Bonchev–Trinajstić information content (AvgIpc) is 2.01. The molecule has 0 fully saturated rings. The molecule has 3 heteroatoms. The first-order valence-electron chi connectivity index (χ1n) is 3.87. The molecular formula is C9H11F2N. The van der Waals surface area contributed by atoms with Gasteiger partial charge in [0.1, 0.15) is 0 Å². The van der Waals surface area contributed by atoms with Crippen LogP contribution in [0, 0.1) is 6.92 Å². The Kier molecular flexibility index (Phi) is 3.14. The van der Waals surface area contributed by atoms with Crippen molar-refractivity contribution >= 4 is 0 Å². The van der Waals surface area contributed by atoms with Crippen LogP contribution in [0.2, 0.25) is 0 Å². The number of hydrogen-bond donors (Lipinski definition) is 0. The lowest BCUT2D eigenvalue weighted by Crippen LogP contribution is -1.95. The summed E-state index contributed by atoms with van der Waals surface area (Å²) in [5.74, 6) is 0. The van der Waals surface area contributed by atoms with Crippen LogP contribution in [0.4, 0.5) is 8.78 Å². The summed E-state index contributed by atoms with van der Waals surface area (Å²) in [4.78, 5) is 3.92. The molecule has 0 amide bonds. The van der Waals surface area contributed by atoms with E-state index >= 15 is 0 Å². The molecule has 1 aromatic heterocycles. The van der Waals surface area contributed by atoms with Gasteiger partial charge in [-0.25, -0.2) is 8.78 Å². The summed E-state index contributed by atoms with van der Waals surface area (Å²) in [5, 5.41) is 0. The third-order valence-corrected chi connectivity index (χ3v) is 1.58. The highest BCUT2D eigenvalue weighted by Gasteiger charge is 2.02. The van der Waals surface area contributed by atoms with Gasteiger partial charge < -0.3 is 0 Å². The van der Waals surface area contributed by atoms with E-state index in [9.17, 15) is 8.78 Å². The van der Waals surface area contributed by atoms with Crippen LogP contribution in [-0.2, 0) is 6.42 Å². The van der Waals surface area contributed by atoms with Crippen molar-refractivity contribution in [2.24, 2.45) is 0 Å². The number of hydrogen-bond acceptors (Lipinski definition) is 1. The van der Waals surface area contributed by atoms with Gasteiger partial charge in [0, 0.05) is 18.8 Å². The molecular weight excluding hydrogens is 160 g/mol. The predicted octanol–water partition coefficient (Wildman–Crippen LogP) is 2.59. The average molecular weight is 171 g/mol. The Hall–Kier alpha value is -0.990. The molecule has 12 heavy (non-hydrogen) atoms. The number of pyridine rings is 1. The van der Waals surface area contributed by atoms with Gasteiger partial charge in [-0.15, -0.1) is 0 Å². The van der Waals surface area contributed by atoms with E-state index in [1.165, 1.54) is 0 Å². The molecule has 1 nitrogen and oxygen atoms in total. The maximum Gasteiger partial charge on any atom is 0.239 e. The third kappa shape index (κ3) is 2.95. The van der Waals surface area contributed by atoms with E-state index in [1.54, 1.807) is 12.4 Å². The van der Waals surface area contributed by atoms with Crippen LogP contribution in [0.5, 0.6) is 0 Å². The summed E-state index contributed by atoms with van der Waals surface area (Å²) in [5.41, 5.74) is 1.90. The molecule has 1 rings (SSSR count). The lowest BCUT2D eigenvalue weighted by Gasteiger charge is -2.00. The zero-order valence-electron chi connectivity index (χ0n) is 6.93. The van der Waals surface area contributed by atoms with E-state index in [4.69, 9.17) is 0 Å². The van der Waals surface area contributed by atoms with Crippen LogP contribution in [-0.4, -0.2) is 11.4 Å². The van der Waals surface area contributed by atoms with Crippen molar-refractivity contribution in [1.29, 1.82) is 0 Å². The van der Waals surface area contributed by atoms with Gasteiger partial charge >= 0.3 is 0 Å². The van der Waals surface area contributed by atoms with Crippen molar-refractivity contribution in [2.45, 2.75) is 26.2 Å². The first kappa shape index (κ1) is 9.10. The molecule has 0 radical (unpaired) electrons. The Balaban J connectivity index is 2.52. The lowest BCUT2D eigenvalue weighted by molar-refractivity contribution is 0.138. The highest BCUT2D eigenvalue weighted by molar-refractivity contribution is 5.16. The molecule has 0 N–H and O–H groups in total. The molecule has 1 heterocycles. The van der Waals surface area contributed by atoms with Gasteiger partial charge in [0.05, 0.1) is 0 Å². The quantitative estimate of drug-likeness (QED) is 0.681. The van der Waals surface area contributed by atoms with Crippen LogP contribution in [0.25, 0.3) is 0 Å². The fraction of sp³-hybridized carbons (Fsp3) is 0.444. The Labute approximate surface area is 70.4 Å². The Morgan fingerprint density at radius 2 is 2.17 bits per heavy atom. The van der Waals surface area contributed by atoms with Gasteiger partial charge in [-0.1, -0.05) is 6.07 Å². The van der Waals surface area contributed by atoms with Crippen LogP contribution in [0.15, 0.2) is 18.5 Å². The molecule has 0 saturated heterocycles. The van der Waals surface area contributed by atoms with Gasteiger partial charge in [-0.3, -0.25) is 4.98 Å². The van der Waals surface area contributed by atoms with Crippen LogP contribution in [0.3, 0.4) is 0 Å². The predicted molar refractivity (Wildman–Crippen MR) is 43.3 cm³/mol. The second-order valence-electron chi connectivity index (χ2n) is 2.80. The lowest BCUT2D eigenvalue weighted by atomic mass is 10.1. The largest absolute Gasteiger partial charge is 0.264 e. The van der Waals surface area contributed by atoms with Gasteiger partial charge in [0.15, 0.2) is 0 Å². The van der Waals surface area contributed by atoms with Gasteiger partial charge in [0.25, 0.3) is 0 Å². The molecule has 0 atom stereocenters. The molecule has 66 valence electrons. The van der Waals surface area contributed by atoms with Crippen molar-refractivity contribution in [3.63, 3.8) is 0 Å². The van der Waals surface area contributed by atoms with Gasteiger partial charge in [0.2, 0.25) is 6.43 Å². The molecule has 0 aromatic carbocycles. The van der Waals surface area contributed by atoms with E-state index in [1.807, 2.05) is 13.0 Å². The Morgan fingerprint density at radius 1 is 1.42 bits per heavy atom. The maximum absolute atomic E-state index is 11.8. The zero-order chi connectivity index (χ0) is 8.97. The molecule has 0 aliphatic carbocycles. The second kappa shape index (κ2) is 4.14. The maximum atomic E-state index is 11.8. The van der Waals surface area contributed by atoms with Crippen LogP contribution < -0.4 is 0 Å². The molecule has 1 aromatic rings. The van der Waals surface area contributed by atoms with Crippen LogP contribution in [0.1, 0.15) is 17.5 Å². The molecule has 0 saturated carbocycles. The van der Waals surface area contributed by atoms with Gasteiger partial charge in [-0.2, -0.15) is 0 Å². The van der Waals surface area contributed by atoms with Crippen molar-refractivity contribution < 1.29 is 8.78 Å². The van der Waals surface area contributed by atoms with Crippen LogP contribution >= 0.6 is 0 Å². The zero-order valence-corrected chi connectivity index (χ0v) is 6.93. The van der Waals surface area contributed by atoms with Crippen molar-refractivity contribution in [3.8, 4) is 0 Å². The summed E-state index contributed by atoms with van der Waals surface area (Å²) in [6, 6.07) is 1.88. The first-order chi connectivity index (χ1) is 5.68. The third-order valence-electron chi connectivity index (χ3n) is 1.58. The van der Waals surface area contributed by atoms with E-state index in [2.05, 4.69) is 4.98 Å². The number of aromatic nitrogens is 1. The van der Waals surface area contributed by atoms with E-state index in [0.29, 0.717) is 6.42 Å². The highest BCUT2D eigenvalue weighted by Crippen LogP contribution is 2.08. The summed E-state index contributed by atoms with van der Waals surface area (Å²) < 4.78 is 23.6. The highest BCUT2D eigenvalue weighted by atomic mass is 19.3. The number of aryl methyl sites for hydroxylation is 2. The van der Waals surface area contributed by atoms with Gasteiger partial charge in [-0.05, 0) is 24.5 Å². The minimum atomic E-state index is -2.22. The second-order valence-corrected chi connectivity index (χ2v) is 2.80. The molecule has 0 spiro atoms. The fourth-order valence-corrected chi connectivity index (χ4v) is 1.03. The number of alkyl halides is 2. The summed E-state index contributed by atoms with van der Waals surface area (Å²) in [6.45, 7) is 1.90. The van der Waals surface area contributed by atoms with E-state index in [0.717, 1.165) is 11.1 Å². The molecule has 0 aliphatic rings. The minimum absolute atomic E-state index is 0.0782. The molecule has 0 unspecified atom stereocenters. The minimum Gasteiger partial charge on any atom is -0.264 e. The van der Waals surface area contributed by atoms with E-state index in [-0.39, 0.29) is 6.42 Å². The SMILES string of the molecule is Cc1cncc(CCC(F)F)c1. The van der Waals surface area contributed by atoms with Crippen molar-refractivity contribution in [2.75, 3.05) is 0 Å². The number of rotatable bonds is 3. The standard InChI is InChI=1S/C9H11F2N/c1-7-4-8(6-12-5-7)2-3-9(10)11/h4-6,9H,2-3H2,1H3. The number of halogens is 2. The normalized spacial score (nSPS) is 10.7. The topological polar surface area (TPSA) is 12.9 Å². The summed E-state index contributed by atoms with van der Waals surface area (Å²) in [7, 11) is 0. The van der Waals surface area contributed by atoms with Crippen molar-refractivity contribution in [1.82, 2.24) is 4.98 Å². The summed E-state index contributed by atoms with van der Waals surface area (Å²) in [6.07, 6.45) is 1.46. The Morgan fingerprint density at radius 3 is 2.75 bits per heavy atom. The first-order valence-corrected chi connectivity index (χ1v) is 3.87. The molecule has 0 bridgehead atoms. The monoisotopic (exact) mass is 171 g/mol. The van der Waals surface area contributed by atoms with E-state index < -0.39 is 6.43 Å². The number of nitrogens with zero attached hydrogens (tertiary/aromatic N) is 1. The summed E-state index contributed by atoms with van der Waals surface area (Å²) >= 11 is 0. The van der Waals surface area contributed by atoms with Crippen molar-refractivity contribution in [3.05, 3.63) is 29.6 Å². The molecule has 0 aliphatic heterocycles. The smallest absolute Gasteiger partial charge is 0.239 e. The fourth-order valence-electron chi connectivity index (χ4n) is 1.03. The Bertz CT molecular complexity index is 248.